The molecule has 3 aromatic carbocycles. The molecule has 8 nitrogen and oxygen atoms in total. The van der Waals surface area contributed by atoms with Crippen LogP contribution in [0.2, 0.25) is 0 Å². The van der Waals surface area contributed by atoms with Crippen molar-refractivity contribution in [2.45, 2.75) is 6.04 Å². The van der Waals surface area contributed by atoms with Crippen LogP contribution in [0.3, 0.4) is 0 Å². The molecule has 2 aliphatic rings. The summed E-state index contributed by atoms with van der Waals surface area (Å²) in [6.07, 6.45) is 0. The molecule has 0 aromatic heterocycles. The van der Waals surface area contributed by atoms with Gasteiger partial charge in [0, 0.05) is 11.6 Å². The number of hydrogen-bond donors (Lipinski definition) is 0. The normalized spacial score (nSPS) is 22.0. The molecule has 158 valence electrons. The van der Waals surface area contributed by atoms with E-state index in [9.17, 15) is 14.9 Å². The number of nitro benzene ring substituents is 1. The molecule has 0 aliphatic carbocycles. The Kier molecular flexibility index (Phi) is 4.82. The maximum atomic E-state index is 13.4. The van der Waals surface area contributed by atoms with Crippen molar-refractivity contribution in [2.24, 2.45) is 15.7 Å². The summed E-state index contributed by atoms with van der Waals surface area (Å²) in [6, 6.07) is 23.7. The quantitative estimate of drug-likeness (QED) is 0.296. The van der Waals surface area contributed by atoms with Crippen molar-refractivity contribution in [3.05, 3.63) is 106 Å². The molecule has 0 N–H and O–H groups in total. The van der Waals surface area contributed by atoms with Crippen LogP contribution in [-0.4, -0.2) is 21.2 Å². The second kappa shape index (κ2) is 7.69. The van der Waals surface area contributed by atoms with Gasteiger partial charge in [0.25, 0.3) is 5.69 Å². The van der Waals surface area contributed by atoms with Crippen LogP contribution in [0.4, 0.5) is 11.4 Å². The molecule has 0 fully saturated rings. The van der Waals surface area contributed by atoms with E-state index in [-0.39, 0.29) is 10.3 Å². The van der Waals surface area contributed by atoms with Gasteiger partial charge >= 0.3 is 5.97 Å². The Morgan fingerprint density at radius 1 is 0.969 bits per heavy atom. The molecule has 2 atom stereocenters. The third kappa shape index (κ3) is 2.85. The van der Waals surface area contributed by atoms with Gasteiger partial charge in [-0.05, 0) is 34.1 Å². The van der Waals surface area contributed by atoms with Gasteiger partial charge in [-0.15, -0.1) is 0 Å². The standard InChI is InChI=1S/C23H15BrN4O4/c24-21-23(19(26-32-22(23)29)15-9-3-1-4-10-15)20(17-13-7-8-14-18(17)28(30)31)27(25-21)16-11-5-2-6-12-16/h1-14,20H. The fourth-order valence-corrected chi connectivity index (χ4v) is 4.93. The largest absolute Gasteiger partial charge is 0.356 e. The second-order valence-corrected chi connectivity index (χ2v) is 8.03. The molecule has 2 heterocycles. The van der Waals surface area contributed by atoms with E-state index >= 15 is 0 Å². The van der Waals surface area contributed by atoms with Crippen molar-refractivity contribution in [3.8, 4) is 0 Å². The zero-order valence-electron chi connectivity index (χ0n) is 16.5. The molecule has 32 heavy (non-hydrogen) atoms. The molecule has 0 saturated carbocycles. The number of hydrogen-bond acceptors (Lipinski definition) is 7. The summed E-state index contributed by atoms with van der Waals surface area (Å²) in [5.41, 5.74) is 0.328. The fraction of sp³-hybridized carbons (Fsp3) is 0.0870. The molecular weight excluding hydrogens is 476 g/mol. The van der Waals surface area contributed by atoms with Gasteiger partial charge in [0.15, 0.2) is 5.41 Å². The number of benzene rings is 3. The van der Waals surface area contributed by atoms with Crippen LogP contribution in [0.5, 0.6) is 0 Å². The lowest BCUT2D eigenvalue weighted by Gasteiger charge is -2.32. The average molecular weight is 491 g/mol. The molecule has 9 heteroatoms. The smallest absolute Gasteiger partial charge is 0.316 e. The summed E-state index contributed by atoms with van der Waals surface area (Å²) in [5, 5.41) is 22.3. The summed E-state index contributed by atoms with van der Waals surface area (Å²) in [5.74, 6) is -0.659. The van der Waals surface area contributed by atoms with Crippen LogP contribution in [0.15, 0.2) is 95.2 Å². The summed E-state index contributed by atoms with van der Waals surface area (Å²) in [7, 11) is 0. The predicted molar refractivity (Wildman–Crippen MR) is 123 cm³/mol. The van der Waals surface area contributed by atoms with E-state index in [0.29, 0.717) is 22.5 Å². The minimum absolute atomic E-state index is 0.123. The Morgan fingerprint density at radius 2 is 1.59 bits per heavy atom. The first kappa shape index (κ1) is 20.1. The number of nitro groups is 1. The van der Waals surface area contributed by atoms with E-state index in [0.717, 1.165) is 0 Å². The highest BCUT2D eigenvalue weighted by atomic mass is 79.9. The van der Waals surface area contributed by atoms with Crippen molar-refractivity contribution in [2.75, 3.05) is 5.01 Å². The maximum absolute atomic E-state index is 13.4. The lowest BCUT2D eigenvalue weighted by atomic mass is 9.72. The highest BCUT2D eigenvalue weighted by Gasteiger charge is 2.66. The first-order valence-corrected chi connectivity index (χ1v) is 10.5. The van der Waals surface area contributed by atoms with E-state index in [4.69, 9.17) is 4.84 Å². The number of para-hydroxylation sites is 2. The zero-order chi connectivity index (χ0) is 22.3. The monoisotopic (exact) mass is 490 g/mol. The van der Waals surface area contributed by atoms with Crippen LogP contribution < -0.4 is 5.01 Å². The van der Waals surface area contributed by atoms with Gasteiger partial charge in [0.1, 0.15) is 16.4 Å². The van der Waals surface area contributed by atoms with Gasteiger partial charge in [-0.3, -0.25) is 15.1 Å². The van der Waals surface area contributed by atoms with Crippen LogP contribution in [-0.2, 0) is 9.63 Å². The fourth-order valence-electron chi connectivity index (χ4n) is 4.19. The Bertz CT molecular complexity index is 1280. The van der Waals surface area contributed by atoms with Crippen LogP contribution >= 0.6 is 15.9 Å². The van der Waals surface area contributed by atoms with Crippen LogP contribution in [0.1, 0.15) is 17.2 Å². The van der Waals surface area contributed by atoms with Crippen molar-refractivity contribution in [1.82, 2.24) is 0 Å². The van der Waals surface area contributed by atoms with E-state index in [2.05, 4.69) is 26.2 Å². The Balaban J connectivity index is 1.80. The molecule has 0 saturated heterocycles. The molecule has 0 amide bonds. The second-order valence-electron chi connectivity index (χ2n) is 7.28. The van der Waals surface area contributed by atoms with Gasteiger partial charge in [-0.25, -0.2) is 4.79 Å². The third-order valence-corrected chi connectivity index (χ3v) is 6.37. The van der Waals surface area contributed by atoms with E-state index in [1.54, 1.807) is 23.2 Å². The zero-order valence-corrected chi connectivity index (χ0v) is 18.0. The number of rotatable bonds is 4. The van der Waals surface area contributed by atoms with Gasteiger partial charge in [0.2, 0.25) is 0 Å². The van der Waals surface area contributed by atoms with Crippen molar-refractivity contribution in [1.29, 1.82) is 0 Å². The number of nitrogens with zero attached hydrogens (tertiary/aromatic N) is 4. The number of anilines is 1. The minimum Gasteiger partial charge on any atom is -0.316 e. The molecule has 1 spiro atoms. The maximum Gasteiger partial charge on any atom is 0.356 e. The summed E-state index contributed by atoms with van der Waals surface area (Å²) in [6.45, 7) is 0. The summed E-state index contributed by atoms with van der Waals surface area (Å²) in [4.78, 5) is 30.1. The van der Waals surface area contributed by atoms with Gasteiger partial charge in [-0.2, -0.15) is 5.10 Å². The average Bonchev–Trinajstić information content (AvgIpc) is 3.33. The third-order valence-electron chi connectivity index (χ3n) is 5.59. The highest BCUT2D eigenvalue weighted by Crippen LogP contribution is 2.55. The summed E-state index contributed by atoms with van der Waals surface area (Å²) < 4.78 is 0.266. The predicted octanol–water partition coefficient (Wildman–Crippen LogP) is 4.81. The number of oxime groups is 1. The van der Waals surface area contributed by atoms with E-state index in [1.807, 2.05) is 60.7 Å². The summed E-state index contributed by atoms with van der Waals surface area (Å²) >= 11 is 3.49. The minimum atomic E-state index is -1.52. The first-order valence-electron chi connectivity index (χ1n) is 9.72. The Labute approximate surface area is 191 Å². The molecule has 0 radical (unpaired) electrons. The first-order chi connectivity index (χ1) is 15.5. The highest BCUT2D eigenvalue weighted by molar-refractivity contribution is 9.18. The van der Waals surface area contributed by atoms with Crippen LogP contribution in [0.25, 0.3) is 0 Å². The number of carbonyl (C=O) groups is 1. The van der Waals surface area contributed by atoms with Crippen molar-refractivity contribution >= 4 is 43.6 Å². The lowest BCUT2D eigenvalue weighted by Crippen LogP contribution is -2.46. The van der Waals surface area contributed by atoms with Gasteiger partial charge in [-0.1, -0.05) is 65.8 Å². The number of hydrazone groups is 1. The van der Waals surface area contributed by atoms with Crippen LogP contribution in [0, 0.1) is 15.5 Å². The van der Waals surface area contributed by atoms with E-state index < -0.39 is 22.3 Å². The molecule has 3 aromatic rings. The van der Waals surface area contributed by atoms with Crippen molar-refractivity contribution < 1.29 is 14.6 Å². The molecule has 5 rings (SSSR count). The number of carbonyl (C=O) groups excluding carboxylic acids is 1. The molecular formula is C23H15BrN4O4. The number of halogens is 1. The molecule has 2 aliphatic heterocycles. The molecule has 2 unspecified atom stereocenters. The molecule has 0 bridgehead atoms. The van der Waals surface area contributed by atoms with Gasteiger partial charge in [0.05, 0.1) is 16.2 Å². The Morgan fingerprint density at radius 3 is 2.28 bits per heavy atom. The van der Waals surface area contributed by atoms with Crippen molar-refractivity contribution in [3.63, 3.8) is 0 Å². The topological polar surface area (TPSA) is 97.4 Å². The van der Waals surface area contributed by atoms with Gasteiger partial charge < -0.3 is 4.84 Å². The SMILES string of the molecule is O=C1ON=C(c2ccccc2)C12C(Br)=NN(c1ccccc1)C2c1ccccc1[N+](=O)[O-]. The lowest BCUT2D eigenvalue weighted by molar-refractivity contribution is -0.385. The Hall–Kier alpha value is -3.85. The van der Waals surface area contributed by atoms with E-state index in [1.165, 1.54) is 6.07 Å².